The number of benzene rings is 1. The summed E-state index contributed by atoms with van der Waals surface area (Å²) in [6, 6.07) is 5.50. The number of halogens is 1. The minimum absolute atomic E-state index is 0.0656. The average Bonchev–Trinajstić information content (AvgIpc) is 2.99. The molecule has 8 heteroatoms. The van der Waals surface area contributed by atoms with Crippen molar-refractivity contribution in [2.45, 2.75) is 24.3 Å². The van der Waals surface area contributed by atoms with Crippen LogP contribution in [0.2, 0.25) is 5.02 Å². The highest BCUT2D eigenvalue weighted by Crippen LogP contribution is 2.24. The number of hydrogen-bond donors (Lipinski definition) is 2. The molecular formula is C13H13ClN4O2S. The SMILES string of the molecule is CCC(NS(=O)(=O)c1cc(C#N)ccc1Cl)c1ncc[nH]1. The first-order chi connectivity index (χ1) is 9.97. The summed E-state index contributed by atoms with van der Waals surface area (Å²) in [5.41, 5.74) is 0.228. The standard InChI is InChI=1S/C13H13ClN4O2S/c1-2-11(13-16-5-6-17-13)18-21(19,20)12-7-9(8-15)3-4-10(12)14/h3-7,11,18H,2H2,1H3,(H,16,17). The Morgan fingerprint density at radius 1 is 1.52 bits per heavy atom. The lowest BCUT2D eigenvalue weighted by Gasteiger charge is -2.15. The largest absolute Gasteiger partial charge is 0.347 e. The van der Waals surface area contributed by atoms with Crippen molar-refractivity contribution in [3.8, 4) is 6.07 Å². The number of aromatic amines is 1. The van der Waals surface area contributed by atoms with Gasteiger partial charge in [-0.15, -0.1) is 0 Å². The van der Waals surface area contributed by atoms with E-state index in [4.69, 9.17) is 16.9 Å². The Hall–Kier alpha value is -1.88. The predicted molar refractivity (Wildman–Crippen MR) is 78.1 cm³/mol. The number of hydrogen-bond acceptors (Lipinski definition) is 4. The lowest BCUT2D eigenvalue weighted by molar-refractivity contribution is 0.539. The van der Waals surface area contributed by atoms with Gasteiger partial charge in [0.2, 0.25) is 10.0 Å². The van der Waals surface area contributed by atoms with Crippen molar-refractivity contribution in [2.24, 2.45) is 0 Å². The zero-order valence-electron chi connectivity index (χ0n) is 11.2. The molecular weight excluding hydrogens is 312 g/mol. The maximum Gasteiger partial charge on any atom is 0.242 e. The van der Waals surface area contributed by atoms with Gasteiger partial charge in [0.15, 0.2) is 0 Å². The van der Waals surface area contributed by atoms with Crippen molar-refractivity contribution < 1.29 is 8.42 Å². The molecule has 110 valence electrons. The van der Waals surface area contributed by atoms with Gasteiger partial charge in [-0.3, -0.25) is 0 Å². The first kappa shape index (κ1) is 15.5. The number of sulfonamides is 1. The summed E-state index contributed by atoms with van der Waals surface area (Å²) in [4.78, 5) is 6.81. The number of H-pyrrole nitrogens is 1. The number of nitriles is 1. The quantitative estimate of drug-likeness (QED) is 0.882. The molecule has 0 amide bonds. The Labute approximate surface area is 127 Å². The van der Waals surface area contributed by atoms with Crippen LogP contribution in [0.5, 0.6) is 0 Å². The molecule has 0 radical (unpaired) electrons. The van der Waals surface area contributed by atoms with E-state index in [1.54, 1.807) is 12.4 Å². The fraction of sp³-hybridized carbons (Fsp3) is 0.231. The summed E-state index contributed by atoms with van der Waals surface area (Å²) < 4.78 is 27.4. The Morgan fingerprint density at radius 2 is 2.29 bits per heavy atom. The molecule has 0 aliphatic rings. The lowest BCUT2D eigenvalue weighted by atomic mass is 10.2. The van der Waals surface area contributed by atoms with Gasteiger partial charge >= 0.3 is 0 Å². The molecule has 2 aromatic rings. The van der Waals surface area contributed by atoms with Crippen LogP contribution in [0.3, 0.4) is 0 Å². The van der Waals surface area contributed by atoms with E-state index in [1.165, 1.54) is 18.2 Å². The third-order valence-electron chi connectivity index (χ3n) is 2.90. The Balaban J connectivity index is 2.36. The van der Waals surface area contributed by atoms with E-state index >= 15 is 0 Å². The zero-order chi connectivity index (χ0) is 15.5. The third kappa shape index (κ3) is 3.42. The molecule has 2 N–H and O–H groups in total. The molecule has 1 aromatic heterocycles. The number of nitrogens with zero attached hydrogens (tertiary/aromatic N) is 2. The molecule has 1 aromatic carbocycles. The van der Waals surface area contributed by atoms with E-state index in [0.29, 0.717) is 12.2 Å². The fourth-order valence-electron chi connectivity index (χ4n) is 1.83. The second kappa shape index (κ2) is 6.26. The van der Waals surface area contributed by atoms with Crippen molar-refractivity contribution >= 4 is 21.6 Å². The topological polar surface area (TPSA) is 98.6 Å². The van der Waals surface area contributed by atoms with E-state index in [0.717, 1.165) is 0 Å². The van der Waals surface area contributed by atoms with Crippen LogP contribution in [0, 0.1) is 11.3 Å². The van der Waals surface area contributed by atoms with Crippen molar-refractivity contribution in [3.05, 3.63) is 47.0 Å². The highest BCUT2D eigenvalue weighted by molar-refractivity contribution is 7.89. The van der Waals surface area contributed by atoms with E-state index in [-0.39, 0.29) is 15.5 Å². The summed E-state index contributed by atoms with van der Waals surface area (Å²) in [6.45, 7) is 1.84. The number of nitrogens with one attached hydrogen (secondary N) is 2. The first-order valence-corrected chi connectivity index (χ1v) is 8.05. The van der Waals surface area contributed by atoms with Gasteiger partial charge in [0.05, 0.1) is 22.7 Å². The molecule has 2 rings (SSSR count). The van der Waals surface area contributed by atoms with Gasteiger partial charge in [-0.2, -0.15) is 5.26 Å². The van der Waals surface area contributed by atoms with Crippen LogP contribution in [0.1, 0.15) is 30.8 Å². The van der Waals surface area contributed by atoms with E-state index in [2.05, 4.69) is 14.7 Å². The molecule has 6 nitrogen and oxygen atoms in total. The average molecular weight is 325 g/mol. The number of imidazole rings is 1. The van der Waals surface area contributed by atoms with E-state index in [1.807, 2.05) is 13.0 Å². The van der Waals surface area contributed by atoms with Crippen molar-refractivity contribution in [3.63, 3.8) is 0 Å². The van der Waals surface area contributed by atoms with Gasteiger partial charge < -0.3 is 4.98 Å². The van der Waals surface area contributed by atoms with Crippen LogP contribution in [-0.2, 0) is 10.0 Å². The van der Waals surface area contributed by atoms with Crippen LogP contribution in [0.25, 0.3) is 0 Å². The maximum atomic E-state index is 12.4. The monoisotopic (exact) mass is 324 g/mol. The number of rotatable bonds is 5. The highest BCUT2D eigenvalue weighted by Gasteiger charge is 2.24. The Bertz CT molecular complexity index is 766. The molecule has 0 saturated heterocycles. The third-order valence-corrected chi connectivity index (χ3v) is 4.86. The van der Waals surface area contributed by atoms with Gasteiger partial charge in [0.1, 0.15) is 10.7 Å². The smallest absolute Gasteiger partial charge is 0.242 e. The molecule has 1 unspecified atom stereocenters. The van der Waals surface area contributed by atoms with Crippen LogP contribution in [-0.4, -0.2) is 18.4 Å². The first-order valence-electron chi connectivity index (χ1n) is 6.19. The summed E-state index contributed by atoms with van der Waals surface area (Å²) >= 11 is 5.94. The fourth-order valence-corrected chi connectivity index (χ4v) is 3.64. The molecule has 1 heterocycles. The van der Waals surface area contributed by atoms with Gasteiger partial charge in [0, 0.05) is 12.4 Å². The Kier molecular flexibility index (Phi) is 4.63. The molecule has 21 heavy (non-hydrogen) atoms. The molecule has 0 fully saturated rings. The van der Waals surface area contributed by atoms with Crippen LogP contribution in [0.4, 0.5) is 0 Å². The molecule has 0 saturated carbocycles. The van der Waals surface area contributed by atoms with Gasteiger partial charge in [0.25, 0.3) is 0 Å². The molecule has 0 bridgehead atoms. The summed E-state index contributed by atoms with van der Waals surface area (Å²) in [5, 5.41) is 8.94. The van der Waals surface area contributed by atoms with Gasteiger partial charge in [-0.1, -0.05) is 18.5 Å². The second-order valence-corrected chi connectivity index (χ2v) is 6.40. The van der Waals surface area contributed by atoms with Crippen molar-refractivity contribution in [1.82, 2.24) is 14.7 Å². The van der Waals surface area contributed by atoms with Crippen LogP contribution in [0.15, 0.2) is 35.5 Å². The summed E-state index contributed by atoms with van der Waals surface area (Å²) in [7, 11) is -3.85. The normalized spacial score (nSPS) is 12.8. The van der Waals surface area contributed by atoms with Gasteiger partial charge in [-0.05, 0) is 24.6 Å². The van der Waals surface area contributed by atoms with Crippen LogP contribution < -0.4 is 4.72 Å². The number of aromatic nitrogens is 2. The zero-order valence-corrected chi connectivity index (χ0v) is 12.7. The highest BCUT2D eigenvalue weighted by atomic mass is 35.5. The molecule has 0 aliphatic heterocycles. The minimum Gasteiger partial charge on any atom is -0.347 e. The molecule has 0 spiro atoms. The maximum absolute atomic E-state index is 12.4. The minimum atomic E-state index is -3.85. The Morgan fingerprint density at radius 3 is 2.86 bits per heavy atom. The molecule has 1 atom stereocenters. The van der Waals surface area contributed by atoms with Gasteiger partial charge in [-0.25, -0.2) is 18.1 Å². The predicted octanol–water partition coefficient (Wildman–Crippen LogP) is 2.36. The second-order valence-electron chi connectivity index (χ2n) is 4.31. The lowest BCUT2D eigenvalue weighted by Crippen LogP contribution is -2.29. The van der Waals surface area contributed by atoms with E-state index in [9.17, 15) is 8.42 Å². The summed E-state index contributed by atoms with van der Waals surface area (Å²) in [6.07, 6.45) is 3.69. The van der Waals surface area contributed by atoms with Crippen LogP contribution >= 0.6 is 11.6 Å². The van der Waals surface area contributed by atoms with Crippen molar-refractivity contribution in [1.29, 1.82) is 5.26 Å². The van der Waals surface area contributed by atoms with Crippen molar-refractivity contribution in [2.75, 3.05) is 0 Å². The van der Waals surface area contributed by atoms with E-state index < -0.39 is 16.1 Å². The summed E-state index contributed by atoms with van der Waals surface area (Å²) in [5.74, 6) is 0.522. The molecule has 0 aliphatic carbocycles.